The molecule has 1 atom stereocenters. The Labute approximate surface area is 89.7 Å². The molecule has 1 rings (SSSR count). The Balaban J connectivity index is 2.98. The van der Waals surface area contributed by atoms with Crippen LogP contribution in [-0.2, 0) is 9.53 Å². The Morgan fingerprint density at radius 3 is 2.60 bits per heavy atom. The predicted octanol–water partition coefficient (Wildman–Crippen LogP) is 1.86. The summed E-state index contributed by atoms with van der Waals surface area (Å²) < 4.78 is 4.59. The molecule has 0 bridgehead atoms. The van der Waals surface area contributed by atoms with Gasteiger partial charge in [0.25, 0.3) is 0 Å². The molecule has 1 aliphatic rings. The zero-order valence-corrected chi connectivity index (χ0v) is 9.57. The second-order valence-corrected chi connectivity index (χ2v) is 4.04. The van der Waals surface area contributed by atoms with Gasteiger partial charge in [-0.25, -0.2) is 4.79 Å². The van der Waals surface area contributed by atoms with Gasteiger partial charge in [0.1, 0.15) is 11.3 Å². The first kappa shape index (κ1) is 11.8. The van der Waals surface area contributed by atoms with Crippen LogP contribution in [0.25, 0.3) is 0 Å². The molecule has 84 valence electrons. The molecule has 0 aromatic heterocycles. The number of aliphatic hydroxyl groups excluding tert-OH is 1. The molecule has 1 aliphatic heterocycles. The molecule has 0 aromatic carbocycles. The van der Waals surface area contributed by atoms with Crippen molar-refractivity contribution in [3.8, 4) is 0 Å². The van der Waals surface area contributed by atoms with Crippen molar-refractivity contribution in [2.45, 2.75) is 33.2 Å². The van der Waals surface area contributed by atoms with E-state index >= 15 is 0 Å². The minimum Gasteiger partial charge on any atom is -0.511 e. The number of nitrogens with zero attached hydrogens (tertiary/aromatic N) is 1. The smallest absolute Gasteiger partial charge is 0.343 e. The fourth-order valence-corrected chi connectivity index (χ4v) is 1.62. The summed E-state index contributed by atoms with van der Waals surface area (Å²) in [4.78, 5) is 15.7. The third-order valence-electron chi connectivity index (χ3n) is 2.57. The highest BCUT2D eigenvalue weighted by molar-refractivity contribution is 6.19. The summed E-state index contributed by atoms with van der Waals surface area (Å²) in [5, 5.41) is 9.76. The van der Waals surface area contributed by atoms with E-state index in [1.54, 1.807) is 6.92 Å². The molecular weight excluding hydrogens is 194 g/mol. The van der Waals surface area contributed by atoms with Gasteiger partial charge in [0, 0.05) is 6.42 Å². The van der Waals surface area contributed by atoms with Gasteiger partial charge in [0.2, 0.25) is 0 Å². The SMILES string of the molecule is COC(=O)C1=C(O)CC(C(C)C)N=C1C. The summed E-state index contributed by atoms with van der Waals surface area (Å²) in [6.45, 7) is 5.80. The van der Waals surface area contributed by atoms with E-state index in [1.165, 1.54) is 7.11 Å². The molecule has 1 heterocycles. The van der Waals surface area contributed by atoms with Crippen molar-refractivity contribution in [2.24, 2.45) is 10.9 Å². The number of hydrogen-bond acceptors (Lipinski definition) is 4. The van der Waals surface area contributed by atoms with Crippen molar-refractivity contribution in [1.29, 1.82) is 0 Å². The molecule has 0 spiro atoms. The maximum Gasteiger partial charge on any atom is 0.343 e. The highest BCUT2D eigenvalue weighted by Crippen LogP contribution is 2.24. The minimum atomic E-state index is -0.518. The first-order chi connectivity index (χ1) is 6.97. The molecule has 1 N–H and O–H groups in total. The maximum absolute atomic E-state index is 11.3. The van der Waals surface area contributed by atoms with Crippen LogP contribution in [0.4, 0.5) is 0 Å². The number of rotatable bonds is 2. The number of carbonyl (C=O) groups excluding carboxylic acids is 1. The lowest BCUT2D eigenvalue weighted by atomic mass is 9.94. The molecule has 4 heteroatoms. The Bertz CT molecular complexity index is 329. The average Bonchev–Trinajstić information content (AvgIpc) is 2.16. The van der Waals surface area contributed by atoms with Crippen LogP contribution in [0.1, 0.15) is 27.2 Å². The van der Waals surface area contributed by atoms with Gasteiger partial charge in [0.15, 0.2) is 0 Å². The van der Waals surface area contributed by atoms with Crippen LogP contribution in [0.15, 0.2) is 16.3 Å². The number of aliphatic hydroxyl groups is 1. The van der Waals surface area contributed by atoms with Crippen LogP contribution in [0, 0.1) is 5.92 Å². The lowest BCUT2D eigenvalue weighted by molar-refractivity contribution is -0.135. The van der Waals surface area contributed by atoms with Crippen LogP contribution in [-0.4, -0.2) is 29.9 Å². The summed E-state index contributed by atoms with van der Waals surface area (Å²) >= 11 is 0. The molecule has 0 amide bonds. The fourth-order valence-electron chi connectivity index (χ4n) is 1.62. The van der Waals surface area contributed by atoms with Gasteiger partial charge < -0.3 is 9.84 Å². The summed E-state index contributed by atoms with van der Waals surface area (Å²) in [6.07, 6.45) is 0.416. The lowest BCUT2D eigenvalue weighted by Crippen LogP contribution is -2.26. The van der Waals surface area contributed by atoms with Gasteiger partial charge in [-0.2, -0.15) is 0 Å². The highest BCUT2D eigenvalue weighted by atomic mass is 16.5. The van der Waals surface area contributed by atoms with E-state index in [2.05, 4.69) is 9.73 Å². The molecule has 0 aliphatic carbocycles. The van der Waals surface area contributed by atoms with Crippen molar-refractivity contribution >= 4 is 11.7 Å². The van der Waals surface area contributed by atoms with Crippen molar-refractivity contribution in [3.63, 3.8) is 0 Å². The Kier molecular flexibility index (Phi) is 3.50. The van der Waals surface area contributed by atoms with E-state index in [1.807, 2.05) is 13.8 Å². The zero-order chi connectivity index (χ0) is 11.6. The van der Waals surface area contributed by atoms with Crippen LogP contribution >= 0.6 is 0 Å². The summed E-state index contributed by atoms with van der Waals surface area (Å²) in [6, 6.07) is 0.0541. The van der Waals surface area contributed by atoms with Gasteiger partial charge in [-0.3, -0.25) is 4.99 Å². The van der Waals surface area contributed by atoms with Crippen LogP contribution < -0.4 is 0 Å². The Hall–Kier alpha value is -1.32. The molecule has 1 unspecified atom stereocenters. The van der Waals surface area contributed by atoms with Crippen LogP contribution in [0.5, 0.6) is 0 Å². The van der Waals surface area contributed by atoms with Gasteiger partial charge in [-0.15, -0.1) is 0 Å². The first-order valence-electron chi connectivity index (χ1n) is 5.02. The quantitative estimate of drug-likeness (QED) is 0.709. The van der Waals surface area contributed by atoms with Crippen LogP contribution in [0.3, 0.4) is 0 Å². The lowest BCUT2D eigenvalue weighted by Gasteiger charge is -2.23. The number of ether oxygens (including phenoxy) is 1. The first-order valence-corrected chi connectivity index (χ1v) is 5.02. The van der Waals surface area contributed by atoms with Crippen molar-refractivity contribution in [1.82, 2.24) is 0 Å². The number of aliphatic imine (C=N–C) groups is 1. The fraction of sp³-hybridized carbons (Fsp3) is 0.636. The average molecular weight is 211 g/mol. The van der Waals surface area contributed by atoms with Crippen molar-refractivity contribution in [2.75, 3.05) is 7.11 Å². The molecule has 0 aromatic rings. The van der Waals surface area contributed by atoms with Gasteiger partial charge in [0.05, 0.1) is 18.9 Å². The van der Waals surface area contributed by atoms with Crippen molar-refractivity contribution in [3.05, 3.63) is 11.3 Å². The molecule has 0 saturated carbocycles. The topological polar surface area (TPSA) is 58.9 Å². The van der Waals surface area contributed by atoms with Gasteiger partial charge >= 0.3 is 5.97 Å². The summed E-state index contributed by atoms with van der Waals surface area (Å²) in [5.74, 6) is -0.0784. The predicted molar refractivity (Wildman–Crippen MR) is 58.0 cm³/mol. The molecule has 0 saturated heterocycles. The molecule has 4 nitrogen and oxygen atoms in total. The number of carbonyl (C=O) groups is 1. The number of esters is 1. The Morgan fingerprint density at radius 2 is 2.20 bits per heavy atom. The second kappa shape index (κ2) is 4.47. The van der Waals surface area contributed by atoms with E-state index < -0.39 is 5.97 Å². The normalized spacial score (nSPS) is 21.7. The van der Waals surface area contributed by atoms with E-state index in [0.717, 1.165) is 0 Å². The molecule has 0 fully saturated rings. The van der Waals surface area contributed by atoms with Gasteiger partial charge in [-0.05, 0) is 12.8 Å². The van der Waals surface area contributed by atoms with E-state index in [9.17, 15) is 9.90 Å². The molecular formula is C11H17NO3. The van der Waals surface area contributed by atoms with E-state index in [-0.39, 0.29) is 17.4 Å². The monoisotopic (exact) mass is 211 g/mol. The zero-order valence-electron chi connectivity index (χ0n) is 9.57. The largest absolute Gasteiger partial charge is 0.511 e. The van der Waals surface area contributed by atoms with Crippen LogP contribution in [0.2, 0.25) is 0 Å². The third-order valence-corrected chi connectivity index (χ3v) is 2.57. The van der Waals surface area contributed by atoms with E-state index in [4.69, 9.17) is 0 Å². The number of dihydropyridines is 1. The maximum atomic E-state index is 11.3. The summed E-state index contributed by atoms with van der Waals surface area (Å²) in [5.41, 5.74) is 0.777. The minimum absolute atomic E-state index is 0.0541. The van der Waals surface area contributed by atoms with Crippen molar-refractivity contribution < 1.29 is 14.6 Å². The Morgan fingerprint density at radius 1 is 1.60 bits per heavy atom. The molecule has 15 heavy (non-hydrogen) atoms. The van der Waals surface area contributed by atoms with E-state index in [0.29, 0.717) is 18.1 Å². The number of methoxy groups -OCH3 is 1. The number of hydrogen-bond donors (Lipinski definition) is 1. The standard InChI is InChI=1S/C11H17NO3/c1-6(2)8-5-9(13)10(7(3)12-8)11(14)15-4/h6,8,13H,5H2,1-4H3. The highest BCUT2D eigenvalue weighted by Gasteiger charge is 2.27. The summed E-state index contributed by atoms with van der Waals surface area (Å²) in [7, 11) is 1.30. The second-order valence-electron chi connectivity index (χ2n) is 4.04. The molecule has 0 radical (unpaired) electrons. The third kappa shape index (κ3) is 2.37. The van der Waals surface area contributed by atoms with Gasteiger partial charge in [-0.1, -0.05) is 13.8 Å².